The van der Waals surface area contributed by atoms with Gasteiger partial charge >= 0.3 is 6.09 Å². The van der Waals surface area contributed by atoms with Gasteiger partial charge in [0, 0.05) is 30.6 Å². The van der Waals surface area contributed by atoms with Crippen LogP contribution in [-0.2, 0) is 25.5 Å². The molecule has 0 spiro atoms. The first-order valence-electron chi connectivity index (χ1n) is 17.3. The Balaban J connectivity index is 1.09. The van der Waals surface area contributed by atoms with Crippen LogP contribution in [0.4, 0.5) is 16.2 Å². The van der Waals surface area contributed by atoms with Crippen molar-refractivity contribution >= 4 is 39.9 Å². The van der Waals surface area contributed by atoms with Gasteiger partial charge in [-0.1, -0.05) is 48.2 Å². The number of hydrogen-bond donors (Lipinski definition) is 2. The molecule has 1 amide bonds. The second kappa shape index (κ2) is 16.5. The van der Waals surface area contributed by atoms with Crippen molar-refractivity contribution in [1.82, 2.24) is 10.3 Å². The van der Waals surface area contributed by atoms with Crippen molar-refractivity contribution in [2.45, 2.75) is 37.1 Å². The minimum Gasteiger partial charge on any atom is -0.495 e. The molecule has 2 aliphatic carbocycles. The second-order valence-electron chi connectivity index (χ2n) is 12.8. The number of fused-ring (bicyclic) bond motifs is 3. The molecule has 3 aromatic rings. The van der Waals surface area contributed by atoms with Crippen LogP contribution < -0.4 is 14.9 Å². The molecule has 53 heavy (non-hydrogen) atoms. The zero-order valence-corrected chi connectivity index (χ0v) is 29.5. The summed E-state index contributed by atoms with van der Waals surface area (Å²) in [5, 5.41) is 27.8. The summed E-state index contributed by atoms with van der Waals surface area (Å²) in [6.07, 6.45) is 14.5. The quantitative estimate of drug-likeness (QED) is 0.157. The molecule has 5 unspecified atom stereocenters. The monoisotopic (exact) mass is 720 g/mol. The Morgan fingerprint density at radius 1 is 0.906 bits per heavy atom. The van der Waals surface area contributed by atoms with E-state index in [4.69, 9.17) is 18.9 Å². The molecular formula is C37H42N11O5+3. The van der Waals surface area contributed by atoms with Crippen LogP contribution in [0.3, 0.4) is 0 Å². The van der Waals surface area contributed by atoms with Gasteiger partial charge in [-0.25, -0.2) is 4.79 Å². The van der Waals surface area contributed by atoms with Crippen molar-refractivity contribution < 1.29 is 37.8 Å². The van der Waals surface area contributed by atoms with Gasteiger partial charge in [0.15, 0.2) is 19.3 Å². The van der Waals surface area contributed by atoms with E-state index in [-0.39, 0.29) is 38.4 Å². The first-order valence-corrected chi connectivity index (χ1v) is 17.3. The molecule has 0 bridgehead atoms. The summed E-state index contributed by atoms with van der Waals surface area (Å²) in [6.45, 7) is 4.55. The summed E-state index contributed by atoms with van der Waals surface area (Å²) in [6, 6.07) is 14.8. The number of H-pyrrole nitrogens is 1. The van der Waals surface area contributed by atoms with Crippen LogP contribution in [0.25, 0.3) is 11.0 Å². The number of aromatic nitrogens is 3. The summed E-state index contributed by atoms with van der Waals surface area (Å²) in [7, 11) is 3.91. The van der Waals surface area contributed by atoms with Crippen LogP contribution in [0.15, 0.2) is 131 Å². The lowest BCUT2D eigenvalue weighted by molar-refractivity contribution is -0.736. The number of carbonyl (C=O) groups excluding carboxylic acids is 1. The fourth-order valence-corrected chi connectivity index (χ4v) is 6.15. The number of hydrogen-bond acceptors (Lipinski definition) is 11. The molecule has 2 aromatic carbocycles. The van der Waals surface area contributed by atoms with Gasteiger partial charge in [-0.15, -0.1) is 9.39 Å². The molecule has 5 atom stereocenters. The average Bonchev–Trinajstić information content (AvgIpc) is 3.91. The Morgan fingerprint density at radius 3 is 2.43 bits per heavy atom. The van der Waals surface area contributed by atoms with Crippen LogP contribution in [0, 0.1) is 0 Å². The fourth-order valence-electron chi connectivity index (χ4n) is 6.15. The number of nitrogens with one attached hydrogen (secondary N) is 2. The zero-order chi connectivity index (χ0) is 36.6. The van der Waals surface area contributed by atoms with E-state index in [1.165, 1.54) is 6.26 Å². The molecular weight excluding hydrogens is 678 g/mol. The van der Waals surface area contributed by atoms with E-state index in [2.05, 4.69) is 42.9 Å². The third-order valence-corrected chi connectivity index (χ3v) is 8.88. The van der Waals surface area contributed by atoms with Crippen LogP contribution in [-0.4, -0.2) is 108 Å². The molecule has 16 nitrogen and oxygen atoms in total. The van der Waals surface area contributed by atoms with E-state index in [0.717, 1.165) is 28.1 Å². The highest BCUT2D eigenvalue weighted by Gasteiger charge is 2.39. The average molecular weight is 721 g/mol. The molecule has 4 aliphatic rings. The van der Waals surface area contributed by atoms with E-state index in [1.807, 2.05) is 126 Å². The van der Waals surface area contributed by atoms with Gasteiger partial charge in [-0.3, -0.25) is 5.32 Å². The minimum atomic E-state index is -0.740. The molecule has 3 heterocycles. The predicted octanol–water partition coefficient (Wildman–Crippen LogP) is 4.08. The van der Waals surface area contributed by atoms with Crippen molar-refractivity contribution in [1.29, 1.82) is 0 Å². The topological polar surface area (TPSA) is 157 Å². The van der Waals surface area contributed by atoms with Crippen molar-refractivity contribution in [3.63, 3.8) is 0 Å². The van der Waals surface area contributed by atoms with E-state index in [9.17, 15) is 4.79 Å². The molecule has 7 rings (SSSR count). The van der Waals surface area contributed by atoms with E-state index < -0.39 is 24.5 Å². The van der Waals surface area contributed by atoms with Crippen LogP contribution in [0.5, 0.6) is 0 Å². The lowest BCUT2D eigenvalue weighted by Gasteiger charge is -2.24. The number of amides is 1. The Bertz CT molecular complexity index is 2060. The number of anilines is 2. The highest BCUT2D eigenvalue weighted by atomic mass is 16.6. The molecule has 0 radical (unpaired) electrons. The van der Waals surface area contributed by atoms with Crippen LogP contribution in [0.1, 0.15) is 0 Å². The van der Waals surface area contributed by atoms with E-state index in [1.54, 1.807) is 4.70 Å². The van der Waals surface area contributed by atoms with Gasteiger partial charge in [0.25, 0.3) is 6.23 Å². The third-order valence-electron chi connectivity index (χ3n) is 8.88. The minimum absolute atomic E-state index is 0.0225. The molecule has 16 heteroatoms. The highest BCUT2D eigenvalue weighted by Crippen LogP contribution is 2.20. The first-order chi connectivity index (χ1) is 25.9. The van der Waals surface area contributed by atoms with E-state index >= 15 is 0 Å². The maximum atomic E-state index is 13.3. The first kappa shape index (κ1) is 35.3. The van der Waals surface area contributed by atoms with Gasteiger partial charge in [0.2, 0.25) is 34.5 Å². The van der Waals surface area contributed by atoms with E-state index in [0.29, 0.717) is 12.2 Å². The Labute approximate surface area is 306 Å². The second-order valence-corrected chi connectivity index (χ2v) is 12.8. The van der Waals surface area contributed by atoms with Gasteiger partial charge < -0.3 is 23.8 Å². The van der Waals surface area contributed by atoms with Crippen molar-refractivity contribution in [3.05, 3.63) is 110 Å². The molecule has 0 fully saturated rings. The zero-order valence-electron chi connectivity index (χ0n) is 29.5. The van der Waals surface area contributed by atoms with Gasteiger partial charge in [0.1, 0.15) is 23.1 Å². The summed E-state index contributed by atoms with van der Waals surface area (Å²) < 4.78 is 30.1. The standard InChI is InChI=1S/C37H40N11O5/c1-4-50-25-36(48-35-16-10-7-13-32(35)41-44-48)52-23-28(21-46-33-14-8-5-11-30(33)39-42-46)51-24-29(22-47-34-15-9-6-12-31(34)40-43-47)53-37(49)38-26-17-19-27(20-18-26)45(2)3/h4-20,28-29,33,35-36H,1,21-25H2,2-3H3/q+1/p+2. The SMILES string of the molecule is C=COCC(OCC(C[N+]1=NN=C2C=CC=CC21)OCC(C[n+]1[nH]nc2ccccc21)OC(=O)Nc1ccc(N(C)C)cc1)[N+]1=NN=C2C=CC=CC21. The molecule has 2 N–H and O–H groups in total. The largest absolute Gasteiger partial charge is 0.495 e. The number of nitrogens with zero attached hydrogens (tertiary/aromatic N) is 9. The molecule has 1 aromatic heterocycles. The number of carbonyl (C=O) groups is 1. The number of rotatable bonds is 17. The Kier molecular flexibility index (Phi) is 11.0. The van der Waals surface area contributed by atoms with Crippen LogP contribution in [0.2, 0.25) is 0 Å². The smallest absolute Gasteiger partial charge is 0.412 e. The third kappa shape index (κ3) is 8.51. The molecule has 272 valence electrons. The van der Waals surface area contributed by atoms with Gasteiger partial charge in [-0.05, 0) is 60.7 Å². The normalized spacial score (nSPS) is 19.7. The lowest BCUT2D eigenvalue weighted by atomic mass is 10.1. The highest BCUT2D eigenvalue weighted by molar-refractivity contribution is 6.01. The summed E-state index contributed by atoms with van der Waals surface area (Å²) >= 11 is 0. The Hall–Kier alpha value is -6.13. The molecule has 2 aliphatic heterocycles. The predicted molar refractivity (Wildman–Crippen MR) is 196 cm³/mol. The fraction of sp³-hybridized carbons (Fsp3) is 0.324. The maximum absolute atomic E-state index is 13.3. The number of ether oxygens (including phenoxy) is 4. The summed E-state index contributed by atoms with van der Waals surface area (Å²) in [4.78, 5) is 15.3. The van der Waals surface area contributed by atoms with Crippen molar-refractivity contribution in [2.75, 3.05) is 50.7 Å². The molecule has 0 saturated carbocycles. The number of aromatic amines is 1. The number of benzene rings is 2. The molecule has 0 saturated heterocycles. The number of para-hydroxylation sites is 2. The maximum Gasteiger partial charge on any atom is 0.412 e. The van der Waals surface area contributed by atoms with Gasteiger partial charge in [-0.2, -0.15) is 4.68 Å². The van der Waals surface area contributed by atoms with Gasteiger partial charge in [0.05, 0.1) is 29.7 Å². The number of allylic oxidation sites excluding steroid dienone is 4. The van der Waals surface area contributed by atoms with Crippen LogP contribution >= 0.6 is 0 Å². The summed E-state index contributed by atoms with van der Waals surface area (Å²) in [5.41, 5.74) is 4.88. The Morgan fingerprint density at radius 2 is 1.64 bits per heavy atom. The lowest BCUT2D eigenvalue weighted by Crippen LogP contribution is -2.47. The summed E-state index contributed by atoms with van der Waals surface area (Å²) in [5.74, 6) is 0. The van der Waals surface area contributed by atoms with Crippen molar-refractivity contribution in [3.8, 4) is 0 Å². The van der Waals surface area contributed by atoms with Crippen molar-refractivity contribution in [2.24, 2.45) is 20.6 Å².